The molecule has 3 rings (SSSR count). The number of carbonyl (C=O) groups excluding carboxylic acids is 1. The van der Waals surface area contributed by atoms with E-state index in [0.717, 1.165) is 24.5 Å². The fourth-order valence-corrected chi connectivity index (χ4v) is 4.32. The highest BCUT2D eigenvalue weighted by Crippen LogP contribution is 2.24. The first-order valence-electron chi connectivity index (χ1n) is 10.0. The number of aromatic nitrogens is 3. The molecule has 1 fully saturated rings. The van der Waals surface area contributed by atoms with Crippen LogP contribution >= 0.6 is 11.3 Å². The summed E-state index contributed by atoms with van der Waals surface area (Å²) in [5, 5.41) is 6.79. The summed E-state index contributed by atoms with van der Waals surface area (Å²) in [6, 6.07) is 2.56. The Morgan fingerprint density at radius 1 is 1.29 bits per heavy atom. The molecule has 8 heteroatoms. The van der Waals surface area contributed by atoms with Crippen LogP contribution in [0.4, 0.5) is 11.1 Å². The second-order valence-electron chi connectivity index (χ2n) is 7.50. The third-order valence-corrected chi connectivity index (χ3v) is 5.84. The molecule has 1 saturated heterocycles. The Bertz CT molecular complexity index is 773. The zero-order chi connectivity index (χ0) is 19.9. The zero-order valence-electron chi connectivity index (χ0n) is 17.0. The highest BCUT2D eigenvalue weighted by molar-refractivity contribution is 7.15. The van der Waals surface area contributed by atoms with Gasteiger partial charge in [-0.15, -0.1) is 11.3 Å². The summed E-state index contributed by atoms with van der Waals surface area (Å²) in [4.78, 5) is 28.9. The summed E-state index contributed by atoms with van der Waals surface area (Å²) in [5.41, 5.74) is 1.87. The molecule has 3 heterocycles. The smallest absolute Gasteiger partial charge is 0.226 e. The number of likely N-dealkylation sites (tertiary alicyclic amines) is 1. The van der Waals surface area contributed by atoms with Gasteiger partial charge in [-0.25, -0.2) is 15.0 Å². The highest BCUT2D eigenvalue weighted by atomic mass is 32.1. The normalized spacial score (nSPS) is 17.5. The zero-order valence-corrected chi connectivity index (χ0v) is 17.8. The first-order valence-corrected chi connectivity index (χ1v) is 10.9. The molecule has 1 unspecified atom stereocenters. The van der Waals surface area contributed by atoms with Gasteiger partial charge in [-0.1, -0.05) is 6.42 Å². The Morgan fingerprint density at radius 2 is 2.07 bits per heavy atom. The summed E-state index contributed by atoms with van der Waals surface area (Å²) in [5.74, 6) is 0.616. The number of aryl methyl sites for hydroxylation is 2. The molecule has 0 spiro atoms. The third kappa shape index (κ3) is 6.24. The Kier molecular flexibility index (Phi) is 7.33. The summed E-state index contributed by atoms with van der Waals surface area (Å²) >= 11 is 1.58. The molecule has 152 valence electrons. The lowest BCUT2D eigenvalue weighted by Gasteiger charge is -2.32. The van der Waals surface area contributed by atoms with Crippen LogP contribution in [0.15, 0.2) is 12.3 Å². The lowest BCUT2D eigenvalue weighted by Crippen LogP contribution is -2.36. The first-order chi connectivity index (χ1) is 13.5. The van der Waals surface area contributed by atoms with E-state index in [1.54, 1.807) is 11.3 Å². The van der Waals surface area contributed by atoms with Crippen LogP contribution in [-0.2, 0) is 11.3 Å². The average Bonchev–Trinajstić information content (AvgIpc) is 3.07. The lowest BCUT2D eigenvalue weighted by molar-refractivity contribution is -0.116. The van der Waals surface area contributed by atoms with E-state index in [2.05, 4.69) is 37.4 Å². The van der Waals surface area contributed by atoms with Gasteiger partial charge in [0, 0.05) is 48.0 Å². The van der Waals surface area contributed by atoms with Crippen molar-refractivity contribution in [3.63, 3.8) is 0 Å². The highest BCUT2D eigenvalue weighted by Gasteiger charge is 2.19. The van der Waals surface area contributed by atoms with Gasteiger partial charge in [0.15, 0.2) is 5.13 Å². The van der Waals surface area contributed by atoms with Crippen LogP contribution in [0.25, 0.3) is 0 Å². The van der Waals surface area contributed by atoms with E-state index < -0.39 is 0 Å². The van der Waals surface area contributed by atoms with Gasteiger partial charge >= 0.3 is 0 Å². The molecular formula is C20H30N6OS. The number of thiazole rings is 1. The van der Waals surface area contributed by atoms with Gasteiger partial charge in [-0.2, -0.15) is 0 Å². The fourth-order valence-electron chi connectivity index (χ4n) is 3.47. The second-order valence-corrected chi connectivity index (χ2v) is 8.62. The number of hydrogen-bond donors (Lipinski definition) is 2. The number of anilines is 2. The maximum absolute atomic E-state index is 12.2. The molecule has 1 aliphatic rings. The molecule has 0 aliphatic carbocycles. The van der Waals surface area contributed by atoms with Gasteiger partial charge in [0.25, 0.3) is 0 Å². The average molecular weight is 403 g/mol. The van der Waals surface area contributed by atoms with Crippen molar-refractivity contribution in [3.05, 3.63) is 28.5 Å². The van der Waals surface area contributed by atoms with Crippen molar-refractivity contribution in [2.75, 3.05) is 23.7 Å². The number of rotatable bonds is 8. The SMILES string of the molecule is Cc1cc(C)nc(NCCCC(=O)Nc2ncc(CN3CCCCC3C)s2)n1. The molecule has 0 radical (unpaired) electrons. The van der Waals surface area contributed by atoms with E-state index in [1.165, 1.54) is 24.1 Å². The van der Waals surface area contributed by atoms with E-state index in [0.29, 0.717) is 36.5 Å². The van der Waals surface area contributed by atoms with Crippen LogP contribution in [0.1, 0.15) is 55.3 Å². The Morgan fingerprint density at radius 3 is 2.82 bits per heavy atom. The second kappa shape index (κ2) is 9.93. The van der Waals surface area contributed by atoms with Crippen molar-refractivity contribution in [1.29, 1.82) is 0 Å². The molecule has 28 heavy (non-hydrogen) atoms. The quantitative estimate of drug-likeness (QED) is 0.654. The minimum absolute atomic E-state index is 0.00428. The monoisotopic (exact) mass is 402 g/mol. The van der Waals surface area contributed by atoms with Crippen molar-refractivity contribution in [2.45, 2.75) is 65.5 Å². The third-order valence-electron chi connectivity index (χ3n) is 4.95. The molecule has 2 aromatic rings. The molecule has 0 bridgehead atoms. The number of amides is 1. The number of carbonyl (C=O) groups is 1. The van der Waals surface area contributed by atoms with Gasteiger partial charge in [0.1, 0.15) is 0 Å². The van der Waals surface area contributed by atoms with Gasteiger partial charge in [0.2, 0.25) is 11.9 Å². The Balaban J connectivity index is 1.38. The van der Waals surface area contributed by atoms with Crippen molar-refractivity contribution in [1.82, 2.24) is 19.9 Å². The number of piperidine rings is 1. The van der Waals surface area contributed by atoms with Crippen LogP contribution in [0.3, 0.4) is 0 Å². The van der Waals surface area contributed by atoms with Crippen LogP contribution in [0, 0.1) is 13.8 Å². The number of hydrogen-bond acceptors (Lipinski definition) is 7. The van der Waals surface area contributed by atoms with Crippen molar-refractivity contribution < 1.29 is 4.79 Å². The van der Waals surface area contributed by atoms with Gasteiger partial charge in [0.05, 0.1) is 0 Å². The minimum Gasteiger partial charge on any atom is -0.354 e. The van der Waals surface area contributed by atoms with Crippen molar-refractivity contribution >= 4 is 28.3 Å². The Labute approximate surface area is 171 Å². The van der Waals surface area contributed by atoms with E-state index in [1.807, 2.05) is 26.1 Å². The van der Waals surface area contributed by atoms with E-state index >= 15 is 0 Å². The molecule has 2 N–H and O–H groups in total. The molecule has 1 amide bonds. The molecular weight excluding hydrogens is 372 g/mol. The summed E-state index contributed by atoms with van der Waals surface area (Å²) < 4.78 is 0. The predicted molar refractivity (Wildman–Crippen MR) is 114 cm³/mol. The maximum atomic E-state index is 12.2. The minimum atomic E-state index is -0.00428. The molecule has 1 aliphatic heterocycles. The summed E-state index contributed by atoms with van der Waals surface area (Å²) in [7, 11) is 0. The van der Waals surface area contributed by atoms with Crippen LogP contribution in [0.2, 0.25) is 0 Å². The van der Waals surface area contributed by atoms with Gasteiger partial charge < -0.3 is 10.6 Å². The molecule has 2 aromatic heterocycles. The summed E-state index contributed by atoms with van der Waals surface area (Å²) in [6.45, 7) is 8.92. The summed E-state index contributed by atoms with van der Waals surface area (Å²) in [6.07, 6.45) is 6.91. The fraction of sp³-hybridized carbons (Fsp3) is 0.600. The van der Waals surface area contributed by atoms with E-state index in [-0.39, 0.29) is 5.91 Å². The molecule has 0 aromatic carbocycles. The van der Waals surface area contributed by atoms with Crippen molar-refractivity contribution in [3.8, 4) is 0 Å². The van der Waals surface area contributed by atoms with Crippen LogP contribution < -0.4 is 10.6 Å². The number of nitrogens with zero attached hydrogens (tertiary/aromatic N) is 4. The largest absolute Gasteiger partial charge is 0.354 e. The molecule has 7 nitrogen and oxygen atoms in total. The van der Waals surface area contributed by atoms with E-state index in [9.17, 15) is 4.79 Å². The van der Waals surface area contributed by atoms with Crippen molar-refractivity contribution in [2.24, 2.45) is 0 Å². The standard InChI is InChI=1S/C20H30N6OS/c1-14-11-15(2)24-19(23-14)21-9-6-8-18(27)25-20-22-12-17(28-20)13-26-10-5-4-7-16(26)3/h11-12,16H,4-10,13H2,1-3H3,(H,21,23,24)(H,22,25,27). The topological polar surface area (TPSA) is 83.0 Å². The molecule has 0 saturated carbocycles. The first kappa shape index (κ1) is 20.7. The molecule has 1 atom stereocenters. The van der Waals surface area contributed by atoms with Gasteiger partial charge in [-0.3, -0.25) is 9.69 Å². The van der Waals surface area contributed by atoms with Gasteiger partial charge in [-0.05, 0) is 52.6 Å². The number of nitrogens with one attached hydrogen (secondary N) is 2. The predicted octanol–water partition coefficient (Wildman–Crippen LogP) is 3.76. The Hall–Kier alpha value is -2.06. The van der Waals surface area contributed by atoms with E-state index in [4.69, 9.17) is 0 Å². The van der Waals surface area contributed by atoms with Crippen LogP contribution in [0.5, 0.6) is 0 Å². The maximum Gasteiger partial charge on any atom is 0.226 e. The lowest BCUT2D eigenvalue weighted by atomic mass is 10.0. The van der Waals surface area contributed by atoms with Crippen LogP contribution in [-0.4, -0.2) is 44.9 Å².